The van der Waals surface area contributed by atoms with Crippen molar-refractivity contribution in [3.05, 3.63) is 86.7 Å². The number of carboxylic acids is 1. The number of H-pyrrole nitrogens is 1. The van der Waals surface area contributed by atoms with E-state index in [4.69, 9.17) is 0 Å². The molecule has 16 heteroatoms. The van der Waals surface area contributed by atoms with Crippen LogP contribution >= 0.6 is 11.3 Å². The number of alkyl halides is 3. The lowest BCUT2D eigenvalue weighted by molar-refractivity contribution is -0.136. The summed E-state index contributed by atoms with van der Waals surface area (Å²) in [6.07, 6.45) is -3.72. The van der Waals surface area contributed by atoms with Crippen LogP contribution in [0.5, 0.6) is 0 Å². The van der Waals surface area contributed by atoms with E-state index in [-0.39, 0.29) is 53.9 Å². The van der Waals surface area contributed by atoms with E-state index < -0.39 is 64.9 Å². The van der Waals surface area contributed by atoms with E-state index in [1.807, 2.05) is 20.8 Å². The minimum atomic E-state index is -4.65. The van der Waals surface area contributed by atoms with Crippen LogP contribution < -0.4 is 21.3 Å². The van der Waals surface area contributed by atoms with E-state index in [0.717, 1.165) is 17.4 Å². The molecular weight excluding hydrogens is 717 g/mol. The van der Waals surface area contributed by atoms with Gasteiger partial charge < -0.3 is 31.4 Å². The van der Waals surface area contributed by atoms with E-state index >= 15 is 0 Å². The molecule has 2 heterocycles. The topological polar surface area (TPSA) is 165 Å². The lowest BCUT2D eigenvalue weighted by Crippen LogP contribution is -2.65. The molecule has 0 spiro atoms. The van der Waals surface area contributed by atoms with E-state index in [1.165, 1.54) is 35.7 Å². The standard InChI is InChI=1S/C37H42F4N6O5S/c1-5-19(3)28(46-35(52)42-17-21-10-7-8-13-25(21)38)31(48)47-36(34(51)45-29(20(4)6-2)32-44-27(18-53-32)33(49)50)15-14-26-23(16-36)22-11-9-12-24(30(22)43-26)37(39,40)41/h7-13,18-20,28-29,43H,5-6,14-17H2,1-4H3,(H,45,51)(H,47,48)(H,49,50)(H2,42,46,52)/t19-,20-,28-,29-,36+/m0/s1. The summed E-state index contributed by atoms with van der Waals surface area (Å²) in [6.45, 7) is 7.16. The van der Waals surface area contributed by atoms with Crippen molar-refractivity contribution in [3.8, 4) is 0 Å². The number of carboxylic acid groups (broad SMARTS) is 1. The lowest BCUT2D eigenvalue weighted by Gasteiger charge is -2.39. The second kappa shape index (κ2) is 15.9. The number of halogens is 4. The molecule has 2 aromatic heterocycles. The fourth-order valence-corrected chi connectivity index (χ4v) is 7.56. The number of para-hydroxylation sites is 1. The fraction of sp³-hybridized carbons (Fsp3) is 0.432. The molecule has 4 aromatic rings. The van der Waals surface area contributed by atoms with Gasteiger partial charge in [-0.2, -0.15) is 13.2 Å². The molecule has 2 aromatic carbocycles. The first-order valence-corrected chi connectivity index (χ1v) is 18.3. The van der Waals surface area contributed by atoms with Crippen molar-refractivity contribution in [2.24, 2.45) is 11.8 Å². The Kier molecular flexibility index (Phi) is 11.8. The third-order valence-corrected chi connectivity index (χ3v) is 11.0. The van der Waals surface area contributed by atoms with Crippen LogP contribution in [0.1, 0.15) is 90.9 Å². The second-order valence-corrected chi connectivity index (χ2v) is 14.4. The first-order chi connectivity index (χ1) is 25.1. The number of urea groups is 1. The number of benzene rings is 2. The van der Waals surface area contributed by atoms with Crippen molar-refractivity contribution >= 4 is 46.1 Å². The zero-order valence-corrected chi connectivity index (χ0v) is 30.4. The van der Waals surface area contributed by atoms with Gasteiger partial charge in [0.1, 0.15) is 22.4 Å². The molecule has 5 rings (SSSR count). The molecule has 0 bridgehead atoms. The number of fused-ring (bicyclic) bond motifs is 3. The summed E-state index contributed by atoms with van der Waals surface area (Å²) in [5.74, 6) is -3.74. The number of aromatic amines is 1. The smallest absolute Gasteiger partial charge is 0.418 e. The quantitative estimate of drug-likeness (QED) is 0.0837. The van der Waals surface area contributed by atoms with E-state index in [9.17, 15) is 41.8 Å². The number of nitrogens with zero attached hydrogens (tertiary/aromatic N) is 1. The van der Waals surface area contributed by atoms with Crippen LogP contribution in [0.4, 0.5) is 22.4 Å². The normalized spacial score (nSPS) is 18.0. The predicted molar refractivity (Wildman–Crippen MR) is 191 cm³/mol. The average molecular weight is 759 g/mol. The molecule has 0 aliphatic heterocycles. The van der Waals surface area contributed by atoms with Crippen molar-refractivity contribution in [3.63, 3.8) is 0 Å². The van der Waals surface area contributed by atoms with Gasteiger partial charge >= 0.3 is 18.2 Å². The minimum absolute atomic E-state index is 0.01000. The predicted octanol–water partition coefficient (Wildman–Crippen LogP) is 6.64. The number of nitrogens with one attached hydrogen (secondary N) is 5. The van der Waals surface area contributed by atoms with Gasteiger partial charge in [-0.05, 0) is 42.4 Å². The Labute approximate surface area is 307 Å². The van der Waals surface area contributed by atoms with Gasteiger partial charge in [0.15, 0.2) is 5.69 Å². The molecule has 0 fully saturated rings. The van der Waals surface area contributed by atoms with Crippen LogP contribution in [0.2, 0.25) is 0 Å². The third-order valence-electron chi connectivity index (χ3n) is 10.1. The van der Waals surface area contributed by atoms with Crippen LogP contribution in [0.25, 0.3) is 10.9 Å². The molecule has 0 unspecified atom stereocenters. The second-order valence-electron chi connectivity index (χ2n) is 13.6. The Hall–Kier alpha value is -4.99. The summed E-state index contributed by atoms with van der Waals surface area (Å²) in [5, 5.41) is 22.6. The van der Waals surface area contributed by atoms with Crippen LogP contribution in [0.15, 0.2) is 47.8 Å². The largest absolute Gasteiger partial charge is 0.476 e. The van der Waals surface area contributed by atoms with Crippen LogP contribution in [0, 0.1) is 17.7 Å². The summed E-state index contributed by atoms with van der Waals surface area (Å²) in [4.78, 5) is 60.8. The highest BCUT2D eigenvalue weighted by atomic mass is 32.1. The number of aryl methyl sites for hydroxylation is 1. The summed E-state index contributed by atoms with van der Waals surface area (Å²) < 4.78 is 56.3. The molecule has 5 atom stereocenters. The van der Waals surface area contributed by atoms with Crippen LogP contribution in [-0.2, 0) is 35.2 Å². The fourth-order valence-electron chi connectivity index (χ4n) is 6.58. The molecule has 0 radical (unpaired) electrons. The summed E-state index contributed by atoms with van der Waals surface area (Å²) in [5.41, 5.74) is -1.70. The first kappa shape index (κ1) is 39.2. The van der Waals surface area contributed by atoms with Crippen molar-refractivity contribution < 1.29 is 41.8 Å². The van der Waals surface area contributed by atoms with Gasteiger partial charge in [-0.1, -0.05) is 70.9 Å². The van der Waals surface area contributed by atoms with E-state index in [0.29, 0.717) is 29.1 Å². The highest BCUT2D eigenvalue weighted by Gasteiger charge is 2.47. The first-order valence-electron chi connectivity index (χ1n) is 17.4. The molecule has 6 N–H and O–H groups in total. The molecular formula is C37H42F4N6O5S. The zero-order chi connectivity index (χ0) is 38.7. The highest BCUT2D eigenvalue weighted by molar-refractivity contribution is 7.09. The minimum Gasteiger partial charge on any atom is -0.476 e. The Bertz CT molecular complexity index is 2000. The lowest BCUT2D eigenvalue weighted by atomic mass is 9.78. The zero-order valence-electron chi connectivity index (χ0n) is 29.6. The number of rotatable bonds is 13. The molecule has 1 aliphatic carbocycles. The SMILES string of the molecule is CC[C@H](C)[C@H](NC(=O)NCc1ccccc1F)C(=O)N[C@]1(C(=O)N[C@H](c2nc(C(=O)O)cs2)[C@@H](C)CC)CCc2[nH]c3c(C(F)(F)F)cccc3c2C1. The van der Waals surface area contributed by atoms with Gasteiger partial charge in [0.05, 0.1) is 17.1 Å². The summed E-state index contributed by atoms with van der Waals surface area (Å²) >= 11 is 1.07. The van der Waals surface area contributed by atoms with Crippen molar-refractivity contribution in [2.75, 3.05) is 0 Å². The van der Waals surface area contributed by atoms with Gasteiger partial charge in [0, 0.05) is 35.0 Å². The molecule has 11 nitrogen and oxygen atoms in total. The van der Waals surface area contributed by atoms with Gasteiger partial charge in [-0.3, -0.25) is 9.59 Å². The van der Waals surface area contributed by atoms with Gasteiger partial charge in [0.2, 0.25) is 11.8 Å². The van der Waals surface area contributed by atoms with E-state index in [2.05, 4.69) is 31.2 Å². The Morgan fingerprint density at radius 2 is 1.74 bits per heavy atom. The summed E-state index contributed by atoms with van der Waals surface area (Å²) in [7, 11) is 0. The Morgan fingerprint density at radius 3 is 2.38 bits per heavy atom. The average Bonchev–Trinajstić information content (AvgIpc) is 3.76. The van der Waals surface area contributed by atoms with Gasteiger partial charge in [-0.25, -0.2) is 19.0 Å². The number of carbonyl (C=O) groups excluding carboxylic acids is 3. The van der Waals surface area contributed by atoms with Crippen molar-refractivity contribution in [2.45, 2.75) is 90.1 Å². The monoisotopic (exact) mass is 758 g/mol. The highest BCUT2D eigenvalue weighted by Crippen LogP contribution is 2.40. The molecule has 0 saturated carbocycles. The number of aromatic carboxylic acids is 1. The van der Waals surface area contributed by atoms with Gasteiger partial charge in [0.25, 0.3) is 0 Å². The molecule has 53 heavy (non-hydrogen) atoms. The number of amides is 4. The van der Waals surface area contributed by atoms with Crippen molar-refractivity contribution in [1.82, 2.24) is 31.2 Å². The molecule has 1 aliphatic rings. The van der Waals surface area contributed by atoms with Gasteiger partial charge in [-0.15, -0.1) is 11.3 Å². The number of hydrogen-bond donors (Lipinski definition) is 6. The number of hydrogen-bond acceptors (Lipinski definition) is 6. The number of thiazole rings is 1. The van der Waals surface area contributed by atoms with Crippen LogP contribution in [-0.4, -0.2) is 50.5 Å². The third kappa shape index (κ3) is 8.47. The van der Waals surface area contributed by atoms with Crippen LogP contribution in [0.3, 0.4) is 0 Å². The molecule has 0 saturated heterocycles. The maximum absolute atomic E-state index is 14.7. The Balaban J connectivity index is 1.50. The Morgan fingerprint density at radius 1 is 1.02 bits per heavy atom. The molecule has 284 valence electrons. The maximum Gasteiger partial charge on any atom is 0.418 e. The summed E-state index contributed by atoms with van der Waals surface area (Å²) in [6, 6.07) is 7.04. The molecule has 4 amide bonds. The van der Waals surface area contributed by atoms with E-state index in [1.54, 1.807) is 13.0 Å². The maximum atomic E-state index is 14.7. The number of aromatic nitrogens is 2. The number of carbonyl (C=O) groups is 4. The van der Waals surface area contributed by atoms with Crippen molar-refractivity contribution in [1.29, 1.82) is 0 Å².